The molecule has 0 aliphatic rings. The van der Waals surface area contributed by atoms with Crippen LogP contribution in [0, 0.1) is 0 Å². The van der Waals surface area contributed by atoms with Gasteiger partial charge in [-0.15, -0.1) is 0 Å². The Hall–Kier alpha value is -0.980. The average molecular weight is 304 g/mol. The summed E-state index contributed by atoms with van der Waals surface area (Å²) in [6.45, 7) is 0. The minimum Gasteiger partial charge on any atom is -0.308 e. The zero-order chi connectivity index (χ0) is 14.9. The summed E-state index contributed by atoms with van der Waals surface area (Å²) in [5.41, 5.74) is -6.01. The first-order valence-electron chi connectivity index (χ1n) is 4.85. The Labute approximate surface area is 105 Å². The van der Waals surface area contributed by atoms with Gasteiger partial charge in [0.25, 0.3) is 0 Å². The number of rotatable bonds is 4. The average Bonchev–Trinajstić information content (AvgIpc) is 2.36. The van der Waals surface area contributed by atoms with Gasteiger partial charge in [0.05, 0.1) is 5.56 Å². The molecule has 108 valence electrons. The van der Waals surface area contributed by atoms with Crippen LogP contribution in [0.3, 0.4) is 0 Å². The molecule has 1 rings (SSSR count). The van der Waals surface area contributed by atoms with Crippen molar-refractivity contribution in [3.05, 3.63) is 35.4 Å². The molecule has 0 saturated heterocycles. The van der Waals surface area contributed by atoms with E-state index in [0.29, 0.717) is 24.3 Å². The van der Waals surface area contributed by atoms with Crippen LogP contribution >= 0.6 is 7.60 Å². The van der Waals surface area contributed by atoms with Gasteiger partial charge in [0.1, 0.15) is 0 Å². The van der Waals surface area contributed by atoms with Crippen molar-refractivity contribution in [2.75, 3.05) is 14.2 Å². The summed E-state index contributed by atoms with van der Waals surface area (Å²) in [6.07, 6.45) is -4.64. The van der Waals surface area contributed by atoms with Crippen molar-refractivity contribution in [2.45, 2.75) is 11.8 Å². The van der Waals surface area contributed by atoms with E-state index >= 15 is 0 Å². The third-order valence-corrected chi connectivity index (χ3v) is 4.29. The lowest BCUT2D eigenvalue weighted by atomic mass is 10.1. The third-order valence-electron chi connectivity index (χ3n) is 2.38. The minimum absolute atomic E-state index is 0.471. The molecule has 0 N–H and O–H groups in total. The molecule has 0 unspecified atom stereocenters. The second kappa shape index (κ2) is 5.19. The van der Waals surface area contributed by atoms with E-state index in [1.807, 2.05) is 0 Å². The Morgan fingerprint density at radius 3 is 1.58 bits per heavy atom. The zero-order valence-electron chi connectivity index (χ0n) is 9.87. The van der Waals surface area contributed by atoms with Crippen LogP contribution in [-0.2, 0) is 25.5 Å². The molecule has 0 fully saturated rings. The molecule has 0 aliphatic heterocycles. The molecule has 0 aromatic heterocycles. The van der Waals surface area contributed by atoms with Gasteiger partial charge in [0.15, 0.2) is 0 Å². The van der Waals surface area contributed by atoms with Crippen molar-refractivity contribution in [3.63, 3.8) is 0 Å². The summed E-state index contributed by atoms with van der Waals surface area (Å²) in [6, 6.07) is 2.01. The second-order valence-corrected chi connectivity index (χ2v) is 5.77. The molecule has 0 radical (unpaired) electrons. The fraction of sp³-hybridized carbons (Fsp3) is 0.400. The van der Waals surface area contributed by atoms with Crippen LogP contribution in [0.1, 0.15) is 11.1 Å². The lowest BCUT2D eigenvalue weighted by Gasteiger charge is -2.24. The predicted molar refractivity (Wildman–Crippen MR) is 57.0 cm³/mol. The SMILES string of the molecule is COP(=O)(OC)C(F)(F)c1ccc(C(F)(F)F)cc1. The van der Waals surface area contributed by atoms with Gasteiger partial charge in [-0.1, -0.05) is 12.1 Å². The van der Waals surface area contributed by atoms with E-state index in [9.17, 15) is 26.5 Å². The van der Waals surface area contributed by atoms with Crippen LogP contribution in [0.5, 0.6) is 0 Å². The van der Waals surface area contributed by atoms with Gasteiger partial charge in [-0.2, -0.15) is 22.0 Å². The number of hydrogen-bond acceptors (Lipinski definition) is 3. The molecule has 19 heavy (non-hydrogen) atoms. The molecule has 3 nitrogen and oxygen atoms in total. The highest BCUT2D eigenvalue weighted by Gasteiger charge is 2.54. The first kappa shape index (κ1) is 16.1. The van der Waals surface area contributed by atoms with E-state index in [-0.39, 0.29) is 0 Å². The van der Waals surface area contributed by atoms with Crippen LogP contribution in [0.2, 0.25) is 0 Å². The van der Waals surface area contributed by atoms with Crippen LogP contribution < -0.4 is 0 Å². The molecule has 0 atom stereocenters. The highest BCUT2D eigenvalue weighted by molar-refractivity contribution is 7.54. The first-order valence-corrected chi connectivity index (χ1v) is 6.40. The van der Waals surface area contributed by atoms with Gasteiger partial charge in [-0.25, -0.2) is 0 Å². The van der Waals surface area contributed by atoms with Crippen LogP contribution in [0.15, 0.2) is 24.3 Å². The van der Waals surface area contributed by atoms with E-state index in [2.05, 4.69) is 9.05 Å². The van der Waals surface area contributed by atoms with E-state index in [4.69, 9.17) is 0 Å². The summed E-state index contributed by atoms with van der Waals surface area (Å²) < 4.78 is 84.5. The summed E-state index contributed by atoms with van der Waals surface area (Å²) in [4.78, 5) is 0. The Bertz CT molecular complexity index is 475. The van der Waals surface area contributed by atoms with Gasteiger partial charge >= 0.3 is 19.4 Å². The van der Waals surface area contributed by atoms with Crippen molar-refractivity contribution >= 4 is 7.60 Å². The smallest absolute Gasteiger partial charge is 0.308 e. The van der Waals surface area contributed by atoms with Crippen LogP contribution in [0.25, 0.3) is 0 Å². The topological polar surface area (TPSA) is 35.5 Å². The van der Waals surface area contributed by atoms with E-state index in [1.54, 1.807) is 0 Å². The molecule has 0 spiro atoms. The van der Waals surface area contributed by atoms with Crippen molar-refractivity contribution in [1.29, 1.82) is 0 Å². The van der Waals surface area contributed by atoms with E-state index in [0.717, 1.165) is 14.2 Å². The first-order chi connectivity index (χ1) is 8.58. The zero-order valence-corrected chi connectivity index (χ0v) is 10.8. The van der Waals surface area contributed by atoms with Crippen LogP contribution in [-0.4, -0.2) is 14.2 Å². The number of halogens is 5. The Kier molecular flexibility index (Phi) is 4.39. The lowest BCUT2D eigenvalue weighted by Crippen LogP contribution is -2.17. The maximum atomic E-state index is 13.8. The van der Waals surface area contributed by atoms with Crippen molar-refractivity contribution in [1.82, 2.24) is 0 Å². The summed E-state index contributed by atoms with van der Waals surface area (Å²) >= 11 is 0. The molecule has 1 aromatic rings. The van der Waals surface area contributed by atoms with E-state index in [1.165, 1.54) is 0 Å². The Balaban J connectivity index is 3.20. The Morgan fingerprint density at radius 1 is 0.895 bits per heavy atom. The largest absolute Gasteiger partial charge is 0.416 e. The minimum atomic E-state index is -4.78. The van der Waals surface area contributed by atoms with E-state index < -0.39 is 30.6 Å². The predicted octanol–water partition coefficient (Wildman–Crippen LogP) is 4.24. The van der Waals surface area contributed by atoms with Gasteiger partial charge in [-0.3, -0.25) is 4.57 Å². The van der Waals surface area contributed by atoms with Crippen molar-refractivity contribution < 1.29 is 35.6 Å². The molecule has 9 heteroatoms. The molecule has 0 amide bonds. The molecular formula is C10H10F5O3P. The fourth-order valence-corrected chi connectivity index (χ4v) is 2.39. The standard InChI is InChI=1S/C10H10F5O3P/c1-17-19(16,18-2)10(14,15)8-5-3-7(4-6-8)9(11,12)13/h3-6H,1-2H3. The summed E-state index contributed by atoms with van der Waals surface area (Å²) in [5, 5.41) is 0. The van der Waals surface area contributed by atoms with Gasteiger partial charge in [-0.05, 0) is 12.1 Å². The lowest BCUT2D eigenvalue weighted by molar-refractivity contribution is -0.137. The number of benzene rings is 1. The summed E-state index contributed by atoms with van der Waals surface area (Å²) in [5.74, 6) is 0. The second-order valence-electron chi connectivity index (χ2n) is 3.48. The molecule has 0 saturated carbocycles. The Morgan fingerprint density at radius 2 is 1.26 bits per heavy atom. The maximum absolute atomic E-state index is 13.8. The summed E-state index contributed by atoms with van der Waals surface area (Å²) in [7, 11) is -3.24. The van der Waals surface area contributed by atoms with Gasteiger partial charge in [0.2, 0.25) is 0 Å². The van der Waals surface area contributed by atoms with Crippen molar-refractivity contribution in [2.24, 2.45) is 0 Å². The van der Waals surface area contributed by atoms with Gasteiger partial charge < -0.3 is 9.05 Å². The highest BCUT2D eigenvalue weighted by atomic mass is 31.2. The quantitative estimate of drug-likeness (QED) is 0.616. The monoisotopic (exact) mass is 304 g/mol. The number of alkyl halides is 5. The van der Waals surface area contributed by atoms with Gasteiger partial charge in [0, 0.05) is 19.8 Å². The fourth-order valence-electron chi connectivity index (χ4n) is 1.32. The third kappa shape index (κ3) is 2.96. The van der Waals surface area contributed by atoms with Crippen molar-refractivity contribution in [3.8, 4) is 0 Å². The molecule has 0 heterocycles. The maximum Gasteiger partial charge on any atom is 0.416 e. The molecule has 0 aliphatic carbocycles. The normalized spacial score (nSPS) is 13.6. The van der Waals surface area contributed by atoms with Crippen LogP contribution in [0.4, 0.5) is 22.0 Å². The molecule has 0 bridgehead atoms. The number of hydrogen-bond donors (Lipinski definition) is 0. The molecule has 1 aromatic carbocycles. The highest BCUT2D eigenvalue weighted by Crippen LogP contribution is 2.65. The molecular weight excluding hydrogens is 294 g/mol.